The van der Waals surface area contributed by atoms with Crippen LogP contribution in [0.15, 0.2) is 12.1 Å². The molecule has 1 aromatic heterocycles. The fourth-order valence-corrected chi connectivity index (χ4v) is 2.05. The number of ether oxygens (including phenoxy) is 1. The molecule has 0 aromatic carbocycles. The molecular weight excluding hydrogens is 232 g/mol. The van der Waals surface area contributed by atoms with E-state index in [1.807, 2.05) is 12.1 Å². The average Bonchev–Trinajstić information content (AvgIpc) is 2.62. The summed E-state index contributed by atoms with van der Waals surface area (Å²) < 4.78 is 28.5. The highest BCUT2D eigenvalue weighted by Crippen LogP contribution is 2.17. The molecule has 16 heavy (non-hydrogen) atoms. The minimum atomic E-state index is -2.39. The zero-order valence-corrected chi connectivity index (χ0v) is 10.3. The first kappa shape index (κ1) is 13.5. The summed E-state index contributed by atoms with van der Waals surface area (Å²) in [7, 11) is 0. The summed E-state index contributed by atoms with van der Waals surface area (Å²) >= 11 is 1.59. The van der Waals surface area contributed by atoms with Crippen molar-refractivity contribution in [3.8, 4) is 0 Å². The van der Waals surface area contributed by atoms with Crippen molar-refractivity contribution in [1.82, 2.24) is 5.32 Å². The topological polar surface area (TPSA) is 21.3 Å². The maximum atomic E-state index is 11.8. The first-order valence-corrected chi connectivity index (χ1v) is 6.06. The molecule has 0 unspecified atom stereocenters. The first-order valence-electron chi connectivity index (χ1n) is 5.25. The van der Waals surface area contributed by atoms with Gasteiger partial charge in [0.25, 0.3) is 6.43 Å². The van der Waals surface area contributed by atoms with Crippen LogP contribution in [0.25, 0.3) is 0 Å². The number of hydrogen-bond acceptors (Lipinski definition) is 3. The van der Waals surface area contributed by atoms with Crippen molar-refractivity contribution in [2.45, 2.75) is 39.5 Å². The number of hydrogen-bond donors (Lipinski definition) is 1. The second-order valence-electron chi connectivity index (χ2n) is 3.81. The minimum absolute atomic E-state index is 0.274. The third kappa shape index (κ3) is 5.53. The Labute approximate surface area is 98.6 Å². The first-order chi connectivity index (χ1) is 7.58. The summed E-state index contributed by atoms with van der Waals surface area (Å²) in [6.45, 7) is 4.77. The van der Waals surface area contributed by atoms with Gasteiger partial charge in [-0.05, 0) is 12.1 Å². The molecule has 5 heteroatoms. The van der Waals surface area contributed by atoms with Gasteiger partial charge in [-0.1, -0.05) is 13.8 Å². The fraction of sp³-hybridized carbons (Fsp3) is 0.636. The molecule has 0 atom stereocenters. The normalized spacial score (nSPS) is 11.6. The maximum Gasteiger partial charge on any atom is 0.261 e. The highest BCUT2D eigenvalue weighted by molar-refractivity contribution is 7.11. The van der Waals surface area contributed by atoms with E-state index in [0.29, 0.717) is 6.04 Å². The molecule has 2 nitrogen and oxygen atoms in total. The molecule has 0 saturated carbocycles. The zero-order valence-electron chi connectivity index (χ0n) is 9.50. The van der Waals surface area contributed by atoms with Crippen molar-refractivity contribution in [3.63, 3.8) is 0 Å². The Morgan fingerprint density at radius 1 is 1.31 bits per heavy atom. The molecule has 0 aliphatic rings. The van der Waals surface area contributed by atoms with Crippen LogP contribution in [-0.4, -0.2) is 19.1 Å². The Balaban J connectivity index is 2.28. The molecule has 0 saturated heterocycles. The van der Waals surface area contributed by atoms with Crippen molar-refractivity contribution in [2.75, 3.05) is 6.61 Å². The van der Waals surface area contributed by atoms with Crippen molar-refractivity contribution in [1.29, 1.82) is 0 Å². The maximum absolute atomic E-state index is 11.8. The summed E-state index contributed by atoms with van der Waals surface area (Å²) in [5.41, 5.74) is 0. The average molecular weight is 249 g/mol. The Kier molecular flexibility index (Phi) is 5.87. The van der Waals surface area contributed by atoms with Gasteiger partial charge in [-0.25, -0.2) is 8.78 Å². The van der Waals surface area contributed by atoms with Crippen molar-refractivity contribution < 1.29 is 13.5 Å². The highest BCUT2D eigenvalue weighted by Gasteiger charge is 2.04. The van der Waals surface area contributed by atoms with Gasteiger partial charge < -0.3 is 10.1 Å². The largest absolute Gasteiger partial charge is 0.370 e. The lowest BCUT2D eigenvalue weighted by atomic mass is 10.3. The molecule has 0 bridgehead atoms. The summed E-state index contributed by atoms with van der Waals surface area (Å²) in [6, 6.07) is 4.37. The zero-order chi connectivity index (χ0) is 12.0. The van der Waals surface area contributed by atoms with Crippen LogP contribution < -0.4 is 5.32 Å². The van der Waals surface area contributed by atoms with Gasteiger partial charge in [-0.15, -0.1) is 11.3 Å². The van der Waals surface area contributed by atoms with Gasteiger partial charge in [-0.2, -0.15) is 0 Å². The molecule has 0 aliphatic carbocycles. The van der Waals surface area contributed by atoms with Crippen LogP contribution in [0.3, 0.4) is 0 Å². The van der Waals surface area contributed by atoms with E-state index in [9.17, 15) is 8.78 Å². The molecule has 0 radical (unpaired) electrons. The Bertz CT molecular complexity index is 302. The summed E-state index contributed by atoms with van der Waals surface area (Å²) in [5, 5.41) is 3.30. The number of nitrogens with one attached hydrogen (secondary N) is 1. The molecule has 0 aliphatic heterocycles. The molecule has 0 spiro atoms. The predicted molar refractivity (Wildman–Crippen MR) is 62.0 cm³/mol. The van der Waals surface area contributed by atoms with E-state index in [2.05, 4.69) is 19.2 Å². The molecule has 0 amide bonds. The van der Waals surface area contributed by atoms with E-state index < -0.39 is 13.0 Å². The standard InChI is InChI=1S/C11H17F2NOS/c1-8(2)14-5-9-3-4-10(16-9)6-15-7-11(12)13/h3-4,8,11,14H,5-7H2,1-2H3. The monoisotopic (exact) mass is 249 g/mol. The quantitative estimate of drug-likeness (QED) is 0.802. The van der Waals surface area contributed by atoms with Crippen LogP contribution in [0.2, 0.25) is 0 Å². The second kappa shape index (κ2) is 6.93. The van der Waals surface area contributed by atoms with Crippen LogP contribution in [0.4, 0.5) is 8.78 Å². The molecule has 1 N–H and O–H groups in total. The van der Waals surface area contributed by atoms with Crippen LogP contribution in [0, 0.1) is 0 Å². The summed E-state index contributed by atoms with van der Waals surface area (Å²) in [5.74, 6) is 0. The summed E-state index contributed by atoms with van der Waals surface area (Å²) in [4.78, 5) is 2.19. The van der Waals surface area contributed by atoms with E-state index in [4.69, 9.17) is 4.74 Å². The summed E-state index contributed by atoms with van der Waals surface area (Å²) in [6.07, 6.45) is -2.39. The number of thiophene rings is 1. The van der Waals surface area contributed by atoms with E-state index in [1.54, 1.807) is 11.3 Å². The smallest absolute Gasteiger partial charge is 0.261 e. The van der Waals surface area contributed by atoms with Gasteiger partial charge in [0, 0.05) is 22.3 Å². The van der Waals surface area contributed by atoms with Crippen LogP contribution in [-0.2, 0) is 17.9 Å². The third-order valence-corrected chi connectivity index (χ3v) is 2.95. The highest BCUT2D eigenvalue weighted by atomic mass is 32.1. The molecule has 92 valence electrons. The van der Waals surface area contributed by atoms with Crippen molar-refractivity contribution >= 4 is 11.3 Å². The molecule has 1 aromatic rings. The SMILES string of the molecule is CC(C)NCc1ccc(COCC(F)F)s1. The minimum Gasteiger partial charge on any atom is -0.370 e. The van der Waals surface area contributed by atoms with Gasteiger partial charge in [0.2, 0.25) is 0 Å². The van der Waals surface area contributed by atoms with E-state index >= 15 is 0 Å². The van der Waals surface area contributed by atoms with E-state index in [-0.39, 0.29) is 6.61 Å². The number of halogens is 2. The van der Waals surface area contributed by atoms with Crippen LogP contribution in [0.5, 0.6) is 0 Å². The third-order valence-electron chi connectivity index (χ3n) is 1.89. The fourth-order valence-electron chi connectivity index (χ4n) is 1.15. The number of alkyl halides is 2. The van der Waals surface area contributed by atoms with Gasteiger partial charge in [0.05, 0.1) is 6.61 Å². The van der Waals surface area contributed by atoms with Gasteiger partial charge in [-0.3, -0.25) is 0 Å². The van der Waals surface area contributed by atoms with Gasteiger partial charge in [0.15, 0.2) is 0 Å². The van der Waals surface area contributed by atoms with Crippen molar-refractivity contribution in [2.24, 2.45) is 0 Å². The second-order valence-corrected chi connectivity index (χ2v) is 5.06. The Morgan fingerprint density at radius 2 is 2.00 bits per heavy atom. The van der Waals surface area contributed by atoms with Gasteiger partial charge in [0.1, 0.15) is 6.61 Å². The molecule has 1 heterocycles. The molecule has 1 rings (SSSR count). The molecule has 0 fully saturated rings. The Morgan fingerprint density at radius 3 is 2.62 bits per heavy atom. The molecular formula is C11H17F2NOS. The lowest BCUT2D eigenvalue weighted by molar-refractivity contribution is 0.0108. The van der Waals surface area contributed by atoms with E-state index in [1.165, 1.54) is 4.88 Å². The van der Waals surface area contributed by atoms with Crippen LogP contribution >= 0.6 is 11.3 Å². The number of rotatable bonds is 7. The van der Waals surface area contributed by atoms with E-state index in [0.717, 1.165) is 11.4 Å². The van der Waals surface area contributed by atoms with Crippen LogP contribution in [0.1, 0.15) is 23.6 Å². The predicted octanol–water partition coefficient (Wildman–Crippen LogP) is 3.03. The lowest BCUT2D eigenvalue weighted by Crippen LogP contribution is -2.21. The Hall–Kier alpha value is -0.520. The van der Waals surface area contributed by atoms with Crippen molar-refractivity contribution in [3.05, 3.63) is 21.9 Å². The van der Waals surface area contributed by atoms with Gasteiger partial charge >= 0.3 is 0 Å². The lowest BCUT2D eigenvalue weighted by Gasteiger charge is -2.05.